The molecule has 0 aliphatic heterocycles. The van der Waals surface area contributed by atoms with Crippen molar-refractivity contribution in [3.05, 3.63) is 47.4 Å². The Kier molecular flexibility index (Phi) is 4.71. The minimum atomic E-state index is -3.16. The minimum absolute atomic E-state index is 0.00770. The van der Waals surface area contributed by atoms with E-state index in [4.69, 9.17) is 5.73 Å². The third kappa shape index (κ3) is 4.59. The summed E-state index contributed by atoms with van der Waals surface area (Å²) in [4.78, 5) is 0. The van der Waals surface area contributed by atoms with Crippen molar-refractivity contribution in [3.8, 4) is 0 Å². The highest BCUT2D eigenvalue weighted by molar-refractivity contribution is 7.94. The predicted octanol–water partition coefficient (Wildman–Crippen LogP) is 1.50. The number of sulfone groups is 1. The molecule has 0 saturated carbocycles. The first-order chi connectivity index (χ1) is 7.53. The van der Waals surface area contributed by atoms with Crippen LogP contribution in [0.25, 0.3) is 0 Å². The van der Waals surface area contributed by atoms with Crippen molar-refractivity contribution in [3.63, 3.8) is 0 Å². The summed E-state index contributed by atoms with van der Waals surface area (Å²) in [6.07, 6.45) is 2.10. The van der Waals surface area contributed by atoms with Crippen LogP contribution in [0.2, 0.25) is 0 Å². The molecule has 0 spiro atoms. The summed E-state index contributed by atoms with van der Waals surface area (Å²) in [5, 5.41) is 1.21. The first kappa shape index (κ1) is 12.9. The molecule has 0 heterocycles. The van der Waals surface area contributed by atoms with Crippen molar-refractivity contribution in [2.45, 2.75) is 19.4 Å². The van der Waals surface area contributed by atoms with Gasteiger partial charge < -0.3 is 5.73 Å². The maximum Gasteiger partial charge on any atom is 0.172 e. The maximum atomic E-state index is 11.5. The van der Waals surface area contributed by atoms with Crippen molar-refractivity contribution in [1.29, 1.82) is 0 Å². The molecule has 0 saturated heterocycles. The van der Waals surface area contributed by atoms with E-state index in [2.05, 4.69) is 0 Å². The maximum absolute atomic E-state index is 11.5. The molecule has 0 amide bonds. The molecule has 88 valence electrons. The number of nitrogens with two attached hydrogens (primary N) is 1. The number of hydrogen-bond donors (Lipinski definition) is 1. The molecule has 0 radical (unpaired) electrons. The summed E-state index contributed by atoms with van der Waals surface area (Å²) in [5.41, 5.74) is 6.87. The Labute approximate surface area is 96.9 Å². The largest absolute Gasteiger partial charge is 0.326 e. The number of benzene rings is 1. The Morgan fingerprint density at radius 3 is 2.50 bits per heavy atom. The molecule has 16 heavy (non-hydrogen) atoms. The van der Waals surface area contributed by atoms with Crippen LogP contribution in [0.1, 0.15) is 12.5 Å². The normalized spacial score (nSPS) is 14.1. The first-order valence-electron chi connectivity index (χ1n) is 5.18. The fraction of sp³-hybridized carbons (Fsp3) is 0.333. The molecule has 0 aliphatic rings. The molecule has 4 heteroatoms. The Balaban J connectivity index is 2.58. The van der Waals surface area contributed by atoms with Gasteiger partial charge in [-0.2, -0.15) is 0 Å². The van der Waals surface area contributed by atoms with Crippen molar-refractivity contribution in [2.24, 2.45) is 5.73 Å². The summed E-state index contributed by atoms with van der Waals surface area (Å²) in [6, 6.07) is 9.30. The van der Waals surface area contributed by atoms with Crippen LogP contribution in [0, 0.1) is 0 Å². The lowest BCUT2D eigenvalue weighted by Gasteiger charge is -2.10. The van der Waals surface area contributed by atoms with E-state index in [0.717, 1.165) is 5.56 Å². The Morgan fingerprint density at radius 2 is 1.94 bits per heavy atom. The number of rotatable bonds is 5. The lowest BCUT2D eigenvalue weighted by molar-refractivity contribution is 0.594. The van der Waals surface area contributed by atoms with Crippen LogP contribution in [-0.4, -0.2) is 20.2 Å². The van der Waals surface area contributed by atoms with Crippen LogP contribution in [0.5, 0.6) is 0 Å². The van der Waals surface area contributed by atoms with Gasteiger partial charge in [0.1, 0.15) is 0 Å². The smallest absolute Gasteiger partial charge is 0.172 e. The Bertz CT molecular complexity index is 437. The summed E-state index contributed by atoms with van der Waals surface area (Å²) < 4.78 is 22.9. The molecule has 1 aromatic carbocycles. The monoisotopic (exact) mass is 239 g/mol. The molecule has 2 N–H and O–H groups in total. The quantitative estimate of drug-likeness (QED) is 0.847. The third-order valence-corrected chi connectivity index (χ3v) is 3.71. The molecule has 0 aromatic heterocycles. The van der Waals surface area contributed by atoms with E-state index in [1.54, 1.807) is 6.92 Å². The standard InChI is InChI=1S/C12H17NO2S/c1-2-8-16(14,15)10-12(13)9-11-6-4-3-5-7-11/h2-8,12H,9-10,13H2,1H3/b8-2+/t12-/m0/s1. The zero-order chi connectivity index (χ0) is 12.0. The first-order valence-corrected chi connectivity index (χ1v) is 6.90. The number of allylic oxidation sites excluding steroid dienone is 1. The summed E-state index contributed by atoms with van der Waals surface area (Å²) in [7, 11) is -3.16. The van der Waals surface area contributed by atoms with Crippen LogP contribution in [-0.2, 0) is 16.3 Å². The van der Waals surface area contributed by atoms with E-state index >= 15 is 0 Å². The van der Waals surface area contributed by atoms with Crippen LogP contribution < -0.4 is 5.73 Å². The highest BCUT2D eigenvalue weighted by atomic mass is 32.2. The van der Waals surface area contributed by atoms with Gasteiger partial charge in [0.15, 0.2) is 9.84 Å². The van der Waals surface area contributed by atoms with Gasteiger partial charge in [-0.1, -0.05) is 36.4 Å². The van der Waals surface area contributed by atoms with Gasteiger partial charge in [0.2, 0.25) is 0 Å². The second kappa shape index (κ2) is 5.82. The lowest BCUT2D eigenvalue weighted by atomic mass is 10.1. The van der Waals surface area contributed by atoms with Crippen LogP contribution >= 0.6 is 0 Å². The molecule has 0 aliphatic carbocycles. The predicted molar refractivity (Wildman–Crippen MR) is 66.7 cm³/mol. The van der Waals surface area contributed by atoms with E-state index in [9.17, 15) is 8.42 Å². The number of hydrogen-bond acceptors (Lipinski definition) is 3. The van der Waals surface area contributed by atoms with E-state index in [-0.39, 0.29) is 11.8 Å². The molecule has 0 bridgehead atoms. The van der Waals surface area contributed by atoms with Crippen LogP contribution in [0.4, 0.5) is 0 Å². The van der Waals surface area contributed by atoms with Crippen molar-refractivity contribution in [2.75, 3.05) is 5.75 Å². The second-order valence-electron chi connectivity index (χ2n) is 3.75. The van der Waals surface area contributed by atoms with Gasteiger partial charge in [0, 0.05) is 11.4 Å². The van der Waals surface area contributed by atoms with Crippen LogP contribution in [0.15, 0.2) is 41.8 Å². The highest BCUT2D eigenvalue weighted by Crippen LogP contribution is 2.04. The third-order valence-electron chi connectivity index (χ3n) is 2.13. The van der Waals surface area contributed by atoms with Crippen molar-refractivity contribution < 1.29 is 8.42 Å². The van der Waals surface area contributed by atoms with Gasteiger partial charge in [0.05, 0.1) is 5.75 Å². The summed E-state index contributed by atoms with van der Waals surface area (Å²) in [6.45, 7) is 1.68. The van der Waals surface area contributed by atoms with E-state index in [1.165, 1.54) is 11.5 Å². The molecule has 1 rings (SSSR count). The molecule has 0 unspecified atom stereocenters. The lowest BCUT2D eigenvalue weighted by Crippen LogP contribution is -2.30. The van der Waals surface area contributed by atoms with Gasteiger partial charge in [-0.25, -0.2) is 8.42 Å². The Morgan fingerprint density at radius 1 is 1.31 bits per heavy atom. The molecule has 1 atom stereocenters. The second-order valence-corrected chi connectivity index (χ2v) is 5.68. The zero-order valence-corrected chi connectivity index (χ0v) is 10.2. The van der Waals surface area contributed by atoms with E-state index < -0.39 is 9.84 Å². The van der Waals surface area contributed by atoms with Crippen molar-refractivity contribution in [1.82, 2.24) is 0 Å². The highest BCUT2D eigenvalue weighted by Gasteiger charge is 2.13. The van der Waals surface area contributed by atoms with E-state index in [1.807, 2.05) is 30.3 Å². The topological polar surface area (TPSA) is 60.2 Å². The summed E-state index contributed by atoms with van der Waals surface area (Å²) in [5.74, 6) is -0.00770. The van der Waals surface area contributed by atoms with Gasteiger partial charge in [0.25, 0.3) is 0 Å². The fourth-order valence-electron chi connectivity index (χ4n) is 1.54. The molecular formula is C12H17NO2S. The molecule has 3 nitrogen and oxygen atoms in total. The zero-order valence-electron chi connectivity index (χ0n) is 9.34. The summed E-state index contributed by atoms with van der Waals surface area (Å²) >= 11 is 0. The Hall–Kier alpha value is -1.13. The molecule has 1 aromatic rings. The van der Waals surface area contributed by atoms with Gasteiger partial charge in [-0.3, -0.25) is 0 Å². The average Bonchev–Trinajstić information content (AvgIpc) is 2.17. The molecule has 0 fully saturated rings. The fourth-order valence-corrected chi connectivity index (χ4v) is 2.78. The van der Waals surface area contributed by atoms with Gasteiger partial charge >= 0.3 is 0 Å². The minimum Gasteiger partial charge on any atom is -0.326 e. The van der Waals surface area contributed by atoms with Gasteiger partial charge in [-0.15, -0.1) is 0 Å². The SMILES string of the molecule is C/C=C/S(=O)(=O)C[C@@H](N)Cc1ccccc1. The van der Waals surface area contributed by atoms with Gasteiger partial charge in [-0.05, 0) is 18.9 Å². The molecular weight excluding hydrogens is 222 g/mol. The van der Waals surface area contributed by atoms with E-state index in [0.29, 0.717) is 6.42 Å². The van der Waals surface area contributed by atoms with Crippen molar-refractivity contribution >= 4 is 9.84 Å². The van der Waals surface area contributed by atoms with Crippen LogP contribution in [0.3, 0.4) is 0 Å². The average molecular weight is 239 g/mol.